The number of carbonyl (C=O) groups excluding carboxylic acids is 2. The highest BCUT2D eigenvalue weighted by Crippen LogP contribution is 2.29. The molecule has 0 spiro atoms. The zero-order valence-electron chi connectivity index (χ0n) is 15.9. The summed E-state index contributed by atoms with van der Waals surface area (Å²) in [5.74, 6) is -0.630. The molecule has 1 aromatic carbocycles. The van der Waals surface area contributed by atoms with E-state index in [1.807, 2.05) is 41.8 Å². The lowest BCUT2D eigenvalue weighted by Gasteiger charge is -2.16. The normalized spacial score (nSPS) is 18.4. The van der Waals surface area contributed by atoms with Crippen LogP contribution in [0, 0.1) is 13.8 Å². The molecular formula is C21H23NO5S. The van der Waals surface area contributed by atoms with Gasteiger partial charge in [-0.05, 0) is 38.0 Å². The third kappa shape index (κ3) is 4.59. The highest BCUT2D eigenvalue weighted by atomic mass is 32.2. The van der Waals surface area contributed by atoms with Gasteiger partial charge in [-0.15, -0.1) is 0 Å². The summed E-state index contributed by atoms with van der Waals surface area (Å²) in [7, 11) is -3.02. The van der Waals surface area contributed by atoms with Crippen LogP contribution in [0.4, 0.5) is 0 Å². The van der Waals surface area contributed by atoms with Crippen molar-refractivity contribution in [2.45, 2.75) is 26.3 Å². The maximum Gasteiger partial charge on any atom is 0.331 e. The Labute approximate surface area is 164 Å². The second-order valence-corrected chi connectivity index (χ2v) is 9.22. The number of aromatic nitrogens is 1. The Morgan fingerprint density at radius 3 is 2.57 bits per heavy atom. The number of ether oxygens (including phenoxy) is 1. The van der Waals surface area contributed by atoms with E-state index in [0.717, 1.165) is 11.3 Å². The maximum absolute atomic E-state index is 12.5. The summed E-state index contributed by atoms with van der Waals surface area (Å²) < 4.78 is 30.5. The Balaban J connectivity index is 1.64. The number of Topliss-reactive ketones (excluding diaryl/α,β-unsaturated/α-hetero) is 1. The first-order valence-corrected chi connectivity index (χ1v) is 10.9. The van der Waals surface area contributed by atoms with Crippen molar-refractivity contribution in [1.82, 2.24) is 4.57 Å². The zero-order chi connectivity index (χ0) is 20.3. The molecule has 1 atom stereocenters. The zero-order valence-corrected chi connectivity index (χ0v) is 16.7. The van der Waals surface area contributed by atoms with E-state index in [-0.39, 0.29) is 29.9 Å². The lowest BCUT2D eigenvalue weighted by atomic mass is 10.1. The first-order chi connectivity index (χ1) is 13.3. The van der Waals surface area contributed by atoms with E-state index >= 15 is 0 Å². The fourth-order valence-corrected chi connectivity index (χ4v) is 5.29. The molecule has 0 bridgehead atoms. The Morgan fingerprint density at radius 1 is 1.21 bits per heavy atom. The Hall–Kier alpha value is -2.67. The number of rotatable bonds is 6. The van der Waals surface area contributed by atoms with Gasteiger partial charge in [-0.25, -0.2) is 13.2 Å². The molecule has 28 heavy (non-hydrogen) atoms. The van der Waals surface area contributed by atoms with E-state index in [1.54, 1.807) is 19.1 Å². The predicted octanol–water partition coefficient (Wildman–Crippen LogP) is 2.90. The molecule has 1 aliphatic rings. The minimum Gasteiger partial charge on any atom is -0.454 e. The SMILES string of the molecule is Cc1cc(C(=O)COC(=O)/C=C/c2ccccc2)c(C)n1[C@@H]1CCS(=O)(=O)C1. The summed E-state index contributed by atoms with van der Waals surface area (Å²) in [6.45, 7) is 3.29. The van der Waals surface area contributed by atoms with Crippen molar-refractivity contribution < 1.29 is 22.7 Å². The second-order valence-electron chi connectivity index (χ2n) is 6.99. The molecule has 1 aliphatic heterocycles. The summed E-state index contributed by atoms with van der Waals surface area (Å²) >= 11 is 0. The van der Waals surface area contributed by atoms with E-state index in [4.69, 9.17) is 4.74 Å². The van der Waals surface area contributed by atoms with Crippen LogP contribution in [0.15, 0.2) is 42.5 Å². The third-order valence-corrected chi connectivity index (χ3v) is 6.67. The van der Waals surface area contributed by atoms with Crippen LogP contribution in [-0.4, -0.2) is 42.9 Å². The third-order valence-electron chi connectivity index (χ3n) is 4.92. The summed E-state index contributed by atoms with van der Waals surface area (Å²) in [6, 6.07) is 10.9. The number of carbonyl (C=O) groups is 2. The molecule has 3 rings (SSSR count). The van der Waals surface area contributed by atoms with E-state index in [0.29, 0.717) is 17.7 Å². The van der Waals surface area contributed by atoms with Crippen molar-refractivity contribution in [2.24, 2.45) is 0 Å². The van der Waals surface area contributed by atoms with Crippen LogP contribution in [0.5, 0.6) is 0 Å². The molecule has 0 N–H and O–H groups in total. The lowest BCUT2D eigenvalue weighted by molar-refractivity contribution is -0.136. The number of hydrogen-bond donors (Lipinski definition) is 0. The highest BCUT2D eigenvalue weighted by molar-refractivity contribution is 7.91. The van der Waals surface area contributed by atoms with Crippen molar-refractivity contribution in [3.63, 3.8) is 0 Å². The average molecular weight is 401 g/mol. The number of hydrogen-bond acceptors (Lipinski definition) is 5. The van der Waals surface area contributed by atoms with Crippen LogP contribution >= 0.6 is 0 Å². The van der Waals surface area contributed by atoms with Gasteiger partial charge in [-0.2, -0.15) is 0 Å². The van der Waals surface area contributed by atoms with Gasteiger partial charge in [0.1, 0.15) is 0 Å². The largest absolute Gasteiger partial charge is 0.454 e. The van der Waals surface area contributed by atoms with Crippen molar-refractivity contribution >= 4 is 27.7 Å². The van der Waals surface area contributed by atoms with Gasteiger partial charge in [0.2, 0.25) is 5.78 Å². The Bertz CT molecular complexity index is 1020. The minimum absolute atomic E-state index is 0.0935. The molecule has 6 nitrogen and oxygen atoms in total. The first-order valence-electron chi connectivity index (χ1n) is 9.09. The predicted molar refractivity (Wildman–Crippen MR) is 107 cm³/mol. The standard InChI is InChI=1S/C21H23NO5S/c1-15-12-19(16(2)22(15)18-10-11-28(25,26)14-18)20(23)13-27-21(24)9-8-17-6-4-3-5-7-17/h3-9,12,18H,10-11,13-14H2,1-2H3/b9-8+/t18-/m1/s1. The van der Waals surface area contributed by atoms with E-state index in [9.17, 15) is 18.0 Å². The number of aryl methyl sites for hydroxylation is 1. The average Bonchev–Trinajstić information content (AvgIpc) is 3.16. The van der Waals surface area contributed by atoms with Crippen molar-refractivity contribution in [3.05, 3.63) is 65.0 Å². The summed E-state index contributed by atoms with van der Waals surface area (Å²) in [6.07, 6.45) is 3.46. The van der Waals surface area contributed by atoms with Gasteiger partial charge >= 0.3 is 5.97 Å². The number of sulfone groups is 1. The fraction of sp³-hybridized carbons (Fsp3) is 0.333. The molecule has 0 saturated carbocycles. The van der Waals surface area contributed by atoms with Gasteiger partial charge in [-0.1, -0.05) is 30.3 Å². The van der Waals surface area contributed by atoms with Gasteiger partial charge in [-0.3, -0.25) is 4.79 Å². The summed E-state index contributed by atoms with van der Waals surface area (Å²) in [5.41, 5.74) is 2.86. The second kappa shape index (κ2) is 8.14. The molecule has 2 aromatic rings. The maximum atomic E-state index is 12.5. The molecule has 2 heterocycles. The van der Waals surface area contributed by atoms with Crippen LogP contribution in [0.1, 0.15) is 39.8 Å². The van der Waals surface area contributed by atoms with Crippen LogP contribution < -0.4 is 0 Å². The summed E-state index contributed by atoms with van der Waals surface area (Å²) in [4.78, 5) is 24.4. The van der Waals surface area contributed by atoms with Crippen molar-refractivity contribution in [3.8, 4) is 0 Å². The van der Waals surface area contributed by atoms with E-state index in [1.165, 1.54) is 6.08 Å². The molecule has 0 radical (unpaired) electrons. The molecule has 0 amide bonds. The number of nitrogens with zero attached hydrogens (tertiary/aromatic N) is 1. The van der Waals surface area contributed by atoms with Gasteiger partial charge in [0, 0.05) is 29.1 Å². The van der Waals surface area contributed by atoms with Gasteiger partial charge < -0.3 is 9.30 Å². The van der Waals surface area contributed by atoms with Gasteiger partial charge in [0.15, 0.2) is 16.4 Å². The number of benzene rings is 1. The topological polar surface area (TPSA) is 82.4 Å². The molecule has 1 fully saturated rings. The quantitative estimate of drug-likeness (QED) is 0.422. The van der Waals surface area contributed by atoms with E-state index in [2.05, 4.69) is 0 Å². The van der Waals surface area contributed by atoms with Crippen LogP contribution in [0.2, 0.25) is 0 Å². The molecule has 1 aromatic heterocycles. The number of ketones is 1. The van der Waals surface area contributed by atoms with Gasteiger partial charge in [0.25, 0.3) is 0 Å². The molecule has 7 heteroatoms. The Kier molecular flexibility index (Phi) is 5.84. The highest BCUT2D eigenvalue weighted by Gasteiger charge is 2.31. The smallest absolute Gasteiger partial charge is 0.331 e. The first kappa shape index (κ1) is 20.1. The van der Waals surface area contributed by atoms with Crippen LogP contribution in [0.25, 0.3) is 6.08 Å². The van der Waals surface area contributed by atoms with Crippen molar-refractivity contribution in [2.75, 3.05) is 18.1 Å². The monoisotopic (exact) mass is 401 g/mol. The lowest BCUT2D eigenvalue weighted by Crippen LogP contribution is -2.16. The van der Waals surface area contributed by atoms with Crippen LogP contribution in [0.3, 0.4) is 0 Å². The summed E-state index contributed by atoms with van der Waals surface area (Å²) in [5, 5.41) is 0. The molecule has 0 aliphatic carbocycles. The van der Waals surface area contributed by atoms with Crippen molar-refractivity contribution in [1.29, 1.82) is 0 Å². The van der Waals surface area contributed by atoms with E-state index < -0.39 is 15.8 Å². The molecule has 148 valence electrons. The molecule has 0 unspecified atom stereocenters. The number of esters is 1. The molecular weight excluding hydrogens is 378 g/mol. The molecule has 1 saturated heterocycles. The van der Waals surface area contributed by atoms with Crippen LogP contribution in [-0.2, 0) is 19.4 Å². The van der Waals surface area contributed by atoms with Gasteiger partial charge in [0.05, 0.1) is 11.5 Å². The Morgan fingerprint density at radius 2 is 1.93 bits per heavy atom. The minimum atomic E-state index is -3.02. The fourth-order valence-electron chi connectivity index (χ4n) is 3.59.